The molecule has 0 aliphatic carbocycles. The maximum absolute atomic E-state index is 4.37. The molecule has 3 heterocycles. The molecule has 2 saturated heterocycles. The van der Waals surface area contributed by atoms with Gasteiger partial charge in [-0.1, -0.05) is 6.92 Å². The Morgan fingerprint density at radius 3 is 2.58 bits per heavy atom. The second-order valence-corrected chi connectivity index (χ2v) is 6.21. The average Bonchev–Trinajstić information content (AvgIpc) is 2.91. The molecule has 19 heavy (non-hydrogen) atoms. The number of piperidine rings is 1. The first-order valence-electron chi connectivity index (χ1n) is 7.65. The Labute approximate surface area is 116 Å². The third kappa shape index (κ3) is 2.56. The largest absolute Gasteiger partial charge is 0.311 e. The van der Waals surface area contributed by atoms with Crippen molar-refractivity contribution >= 4 is 0 Å². The SMILES string of the molecule is CCN(Cc1cnn(C)c1C)C1CC2CCC(C1)N2. The zero-order valence-corrected chi connectivity index (χ0v) is 12.4. The van der Waals surface area contributed by atoms with E-state index in [1.54, 1.807) is 0 Å². The lowest BCUT2D eigenvalue weighted by Gasteiger charge is -2.37. The van der Waals surface area contributed by atoms with Gasteiger partial charge >= 0.3 is 0 Å². The van der Waals surface area contributed by atoms with E-state index in [2.05, 4.69) is 29.2 Å². The lowest BCUT2D eigenvalue weighted by molar-refractivity contribution is 0.140. The van der Waals surface area contributed by atoms with Gasteiger partial charge in [0.15, 0.2) is 0 Å². The molecule has 2 bridgehead atoms. The number of hydrogen-bond donors (Lipinski definition) is 1. The number of nitrogens with one attached hydrogen (secondary N) is 1. The fourth-order valence-corrected chi connectivity index (χ4v) is 3.74. The van der Waals surface area contributed by atoms with Crippen LogP contribution in [0.3, 0.4) is 0 Å². The highest BCUT2D eigenvalue weighted by Gasteiger charge is 2.35. The molecule has 2 atom stereocenters. The van der Waals surface area contributed by atoms with Crippen molar-refractivity contribution in [2.75, 3.05) is 6.54 Å². The van der Waals surface area contributed by atoms with Crippen LogP contribution in [0.2, 0.25) is 0 Å². The summed E-state index contributed by atoms with van der Waals surface area (Å²) in [6.45, 7) is 6.65. The maximum Gasteiger partial charge on any atom is 0.0537 e. The molecule has 0 spiro atoms. The smallest absolute Gasteiger partial charge is 0.0537 e. The lowest BCUT2D eigenvalue weighted by Crippen LogP contribution is -2.47. The minimum atomic E-state index is 0.753. The number of rotatable bonds is 4. The highest BCUT2D eigenvalue weighted by atomic mass is 15.3. The highest BCUT2D eigenvalue weighted by Crippen LogP contribution is 2.30. The number of aryl methyl sites for hydroxylation is 1. The summed E-state index contributed by atoms with van der Waals surface area (Å²) in [6.07, 6.45) is 7.44. The summed E-state index contributed by atoms with van der Waals surface area (Å²) < 4.78 is 1.98. The molecule has 2 aliphatic rings. The molecule has 0 aromatic carbocycles. The van der Waals surface area contributed by atoms with E-state index in [1.807, 2.05) is 17.9 Å². The second-order valence-electron chi connectivity index (χ2n) is 6.21. The van der Waals surface area contributed by atoms with Crippen molar-refractivity contribution in [1.29, 1.82) is 0 Å². The molecule has 0 saturated carbocycles. The van der Waals surface area contributed by atoms with E-state index in [0.717, 1.165) is 31.2 Å². The summed E-state index contributed by atoms with van der Waals surface area (Å²) in [6, 6.07) is 2.30. The topological polar surface area (TPSA) is 33.1 Å². The first-order chi connectivity index (χ1) is 9.17. The molecule has 2 aliphatic heterocycles. The Hall–Kier alpha value is -0.870. The minimum absolute atomic E-state index is 0.753. The van der Waals surface area contributed by atoms with Crippen molar-refractivity contribution in [3.8, 4) is 0 Å². The number of hydrogen-bond acceptors (Lipinski definition) is 3. The second kappa shape index (κ2) is 5.25. The van der Waals surface area contributed by atoms with Crippen LogP contribution in [0.5, 0.6) is 0 Å². The van der Waals surface area contributed by atoms with Crippen LogP contribution in [-0.2, 0) is 13.6 Å². The van der Waals surface area contributed by atoms with E-state index >= 15 is 0 Å². The van der Waals surface area contributed by atoms with Gasteiger partial charge in [-0.2, -0.15) is 5.10 Å². The van der Waals surface area contributed by atoms with Gasteiger partial charge in [0.1, 0.15) is 0 Å². The third-order valence-corrected chi connectivity index (χ3v) is 5.08. The Bertz CT molecular complexity index is 427. The monoisotopic (exact) mass is 262 g/mol. The summed E-state index contributed by atoms with van der Waals surface area (Å²) in [4.78, 5) is 2.65. The Morgan fingerprint density at radius 2 is 2.05 bits per heavy atom. The van der Waals surface area contributed by atoms with Gasteiger partial charge in [-0.15, -0.1) is 0 Å². The van der Waals surface area contributed by atoms with E-state index < -0.39 is 0 Å². The molecule has 0 amide bonds. The van der Waals surface area contributed by atoms with Crippen molar-refractivity contribution in [2.24, 2.45) is 7.05 Å². The van der Waals surface area contributed by atoms with Gasteiger partial charge in [0.2, 0.25) is 0 Å². The fraction of sp³-hybridized carbons (Fsp3) is 0.800. The van der Waals surface area contributed by atoms with E-state index in [1.165, 1.54) is 36.9 Å². The number of fused-ring (bicyclic) bond motifs is 2. The molecule has 106 valence electrons. The Kier molecular flexibility index (Phi) is 3.63. The molecule has 0 radical (unpaired) electrons. The number of nitrogens with zero attached hydrogens (tertiary/aromatic N) is 3. The summed E-state index contributed by atoms with van der Waals surface area (Å²) in [7, 11) is 2.03. The standard InChI is InChI=1S/C15H26N4/c1-4-19(10-12-9-16-18(3)11(12)2)15-7-13-5-6-14(8-15)17-13/h9,13-15,17H,4-8,10H2,1-3H3. The first kappa shape index (κ1) is 13.1. The van der Waals surface area contributed by atoms with Gasteiger partial charge in [-0.05, 0) is 39.2 Å². The van der Waals surface area contributed by atoms with Crippen molar-refractivity contribution in [1.82, 2.24) is 20.0 Å². The summed E-state index contributed by atoms with van der Waals surface area (Å²) in [5.41, 5.74) is 2.69. The summed E-state index contributed by atoms with van der Waals surface area (Å²) in [5.74, 6) is 0. The summed E-state index contributed by atoms with van der Waals surface area (Å²) >= 11 is 0. The van der Waals surface area contributed by atoms with Crippen molar-refractivity contribution in [3.63, 3.8) is 0 Å². The third-order valence-electron chi connectivity index (χ3n) is 5.08. The minimum Gasteiger partial charge on any atom is -0.311 e. The molecule has 2 fully saturated rings. The van der Waals surface area contributed by atoms with Gasteiger partial charge in [-0.3, -0.25) is 9.58 Å². The van der Waals surface area contributed by atoms with E-state index in [0.29, 0.717) is 0 Å². The lowest BCUT2D eigenvalue weighted by atomic mass is 9.97. The van der Waals surface area contributed by atoms with E-state index in [9.17, 15) is 0 Å². The molecule has 4 heteroatoms. The maximum atomic E-state index is 4.37. The van der Waals surface area contributed by atoms with Crippen LogP contribution in [0.1, 0.15) is 43.9 Å². The average molecular weight is 262 g/mol. The predicted octanol–water partition coefficient (Wildman–Crippen LogP) is 1.83. The van der Waals surface area contributed by atoms with Gasteiger partial charge in [-0.25, -0.2) is 0 Å². The van der Waals surface area contributed by atoms with Crippen LogP contribution in [-0.4, -0.2) is 39.4 Å². The highest BCUT2D eigenvalue weighted by molar-refractivity contribution is 5.16. The molecular weight excluding hydrogens is 236 g/mol. The molecule has 3 rings (SSSR count). The van der Waals surface area contributed by atoms with E-state index in [4.69, 9.17) is 0 Å². The zero-order chi connectivity index (χ0) is 13.4. The quantitative estimate of drug-likeness (QED) is 0.899. The normalized spacial score (nSPS) is 30.2. The summed E-state index contributed by atoms with van der Waals surface area (Å²) in [5, 5.41) is 8.10. The zero-order valence-electron chi connectivity index (χ0n) is 12.4. The van der Waals surface area contributed by atoms with Gasteiger partial charge < -0.3 is 5.32 Å². The molecule has 1 N–H and O–H groups in total. The molecule has 1 aromatic heterocycles. The van der Waals surface area contributed by atoms with Gasteiger partial charge in [0.25, 0.3) is 0 Å². The van der Waals surface area contributed by atoms with Crippen LogP contribution in [0.25, 0.3) is 0 Å². The van der Waals surface area contributed by atoms with Crippen LogP contribution in [0.15, 0.2) is 6.20 Å². The Morgan fingerprint density at radius 1 is 1.37 bits per heavy atom. The first-order valence-corrected chi connectivity index (χ1v) is 7.65. The number of aromatic nitrogens is 2. The molecule has 2 unspecified atom stereocenters. The Balaban J connectivity index is 1.69. The van der Waals surface area contributed by atoms with Crippen molar-refractivity contribution in [2.45, 2.75) is 64.2 Å². The van der Waals surface area contributed by atoms with Crippen LogP contribution in [0, 0.1) is 6.92 Å². The molecule has 1 aromatic rings. The van der Waals surface area contributed by atoms with Crippen LogP contribution >= 0.6 is 0 Å². The van der Waals surface area contributed by atoms with Crippen LogP contribution in [0.4, 0.5) is 0 Å². The van der Waals surface area contributed by atoms with E-state index in [-0.39, 0.29) is 0 Å². The van der Waals surface area contributed by atoms with Crippen molar-refractivity contribution in [3.05, 3.63) is 17.5 Å². The predicted molar refractivity (Wildman–Crippen MR) is 77.0 cm³/mol. The molecular formula is C15H26N4. The van der Waals surface area contributed by atoms with Crippen molar-refractivity contribution < 1.29 is 0 Å². The van der Waals surface area contributed by atoms with Gasteiger partial charge in [0, 0.05) is 43.0 Å². The molecule has 4 nitrogen and oxygen atoms in total. The van der Waals surface area contributed by atoms with Gasteiger partial charge in [0.05, 0.1) is 6.20 Å². The fourth-order valence-electron chi connectivity index (χ4n) is 3.74. The van der Waals surface area contributed by atoms with Crippen LogP contribution < -0.4 is 5.32 Å².